The van der Waals surface area contributed by atoms with Crippen molar-refractivity contribution in [1.82, 2.24) is 0 Å². The van der Waals surface area contributed by atoms with Crippen molar-refractivity contribution in [1.29, 1.82) is 5.26 Å². The molecular weight excluding hydrogens is 237 g/mol. The molecule has 0 aliphatic heterocycles. The Bertz CT molecular complexity index is 341. The zero-order valence-electron chi connectivity index (χ0n) is 6.56. The van der Waals surface area contributed by atoms with E-state index in [0.29, 0.717) is 10.6 Å². The minimum atomic E-state index is 0.617. The van der Waals surface area contributed by atoms with Gasteiger partial charge in [-0.1, -0.05) is 27.5 Å². The lowest BCUT2D eigenvalue weighted by molar-refractivity contribution is 1.29. The first-order valence-electron chi connectivity index (χ1n) is 3.44. The van der Waals surface area contributed by atoms with Crippen molar-refractivity contribution < 1.29 is 0 Å². The number of benzene rings is 1. The van der Waals surface area contributed by atoms with Crippen LogP contribution in [0.5, 0.6) is 0 Å². The van der Waals surface area contributed by atoms with E-state index in [1.165, 1.54) is 0 Å². The Morgan fingerprint density at radius 1 is 1.58 bits per heavy atom. The van der Waals surface area contributed by atoms with E-state index in [4.69, 9.17) is 16.9 Å². The van der Waals surface area contributed by atoms with Crippen LogP contribution in [0, 0.1) is 18.3 Å². The molecule has 1 rings (SSSR count). The fourth-order valence-electron chi connectivity index (χ4n) is 0.990. The molecular formula is C9H7BrClN. The molecule has 0 N–H and O–H groups in total. The highest BCUT2D eigenvalue weighted by molar-refractivity contribution is 9.08. The SMILES string of the molecule is Cc1c(C#N)cc(Cl)cc1CBr. The van der Waals surface area contributed by atoms with E-state index >= 15 is 0 Å². The van der Waals surface area contributed by atoms with E-state index in [-0.39, 0.29) is 0 Å². The van der Waals surface area contributed by atoms with Crippen LogP contribution in [0.3, 0.4) is 0 Å². The first kappa shape index (κ1) is 9.57. The molecule has 0 amide bonds. The zero-order valence-corrected chi connectivity index (χ0v) is 8.91. The second kappa shape index (κ2) is 3.93. The number of hydrogen-bond acceptors (Lipinski definition) is 1. The number of nitrogens with zero attached hydrogens (tertiary/aromatic N) is 1. The van der Waals surface area contributed by atoms with Gasteiger partial charge in [0.2, 0.25) is 0 Å². The summed E-state index contributed by atoms with van der Waals surface area (Å²) in [6.45, 7) is 1.92. The van der Waals surface area contributed by atoms with Gasteiger partial charge >= 0.3 is 0 Å². The molecule has 0 aromatic heterocycles. The number of halogens is 2. The van der Waals surface area contributed by atoms with Crippen molar-refractivity contribution in [2.24, 2.45) is 0 Å². The second-order valence-electron chi connectivity index (χ2n) is 2.48. The van der Waals surface area contributed by atoms with Gasteiger partial charge in [0.1, 0.15) is 0 Å². The van der Waals surface area contributed by atoms with Gasteiger partial charge in [-0.25, -0.2) is 0 Å². The summed E-state index contributed by atoms with van der Waals surface area (Å²) in [5.41, 5.74) is 2.72. The first-order chi connectivity index (χ1) is 5.69. The van der Waals surface area contributed by atoms with Crippen LogP contribution in [-0.4, -0.2) is 0 Å². The Morgan fingerprint density at radius 2 is 2.25 bits per heavy atom. The Balaban J connectivity index is 3.34. The van der Waals surface area contributed by atoms with E-state index in [1.807, 2.05) is 13.0 Å². The van der Waals surface area contributed by atoms with Crippen molar-refractivity contribution in [2.75, 3.05) is 0 Å². The third-order valence-corrected chi connectivity index (χ3v) is 2.57. The zero-order chi connectivity index (χ0) is 9.14. The summed E-state index contributed by atoms with van der Waals surface area (Å²) in [5, 5.41) is 10.1. The molecule has 12 heavy (non-hydrogen) atoms. The van der Waals surface area contributed by atoms with E-state index in [2.05, 4.69) is 22.0 Å². The quantitative estimate of drug-likeness (QED) is 0.695. The van der Waals surface area contributed by atoms with Gasteiger partial charge in [0.15, 0.2) is 0 Å². The Hall–Kier alpha value is -0.520. The fraction of sp³-hybridized carbons (Fsp3) is 0.222. The van der Waals surface area contributed by atoms with Gasteiger partial charge in [0.05, 0.1) is 11.6 Å². The summed E-state index contributed by atoms with van der Waals surface area (Å²) in [6, 6.07) is 5.66. The molecule has 0 fully saturated rings. The van der Waals surface area contributed by atoms with Crippen molar-refractivity contribution in [2.45, 2.75) is 12.3 Å². The molecule has 0 radical (unpaired) electrons. The molecule has 0 aliphatic rings. The van der Waals surface area contributed by atoms with Crippen molar-refractivity contribution in [3.8, 4) is 6.07 Å². The van der Waals surface area contributed by atoms with Gasteiger partial charge in [0, 0.05) is 10.4 Å². The molecule has 0 atom stereocenters. The molecule has 1 aromatic carbocycles. The largest absolute Gasteiger partial charge is 0.192 e. The molecule has 0 saturated carbocycles. The molecule has 62 valence electrons. The molecule has 3 heteroatoms. The van der Waals surface area contributed by atoms with E-state index in [9.17, 15) is 0 Å². The molecule has 0 saturated heterocycles. The molecule has 1 aromatic rings. The van der Waals surface area contributed by atoms with E-state index < -0.39 is 0 Å². The maximum atomic E-state index is 8.74. The van der Waals surface area contributed by atoms with Crippen LogP contribution in [0.1, 0.15) is 16.7 Å². The van der Waals surface area contributed by atoms with E-state index in [1.54, 1.807) is 6.07 Å². The van der Waals surface area contributed by atoms with Gasteiger partial charge in [-0.15, -0.1) is 0 Å². The lowest BCUT2D eigenvalue weighted by atomic mass is 10.0. The maximum absolute atomic E-state index is 8.74. The van der Waals surface area contributed by atoms with Crippen LogP contribution >= 0.6 is 27.5 Å². The summed E-state index contributed by atoms with van der Waals surface area (Å²) in [4.78, 5) is 0. The Kier molecular flexibility index (Phi) is 3.13. The number of alkyl halides is 1. The highest BCUT2D eigenvalue weighted by Gasteiger charge is 2.04. The Morgan fingerprint density at radius 3 is 2.75 bits per heavy atom. The third kappa shape index (κ3) is 1.80. The second-order valence-corrected chi connectivity index (χ2v) is 3.48. The van der Waals surface area contributed by atoms with Crippen LogP contribution in [0.4, 0.5) is 0 Å². The van der Waals surface area contributed by atoms with Crippen molar-refractivity contribution in [3.63, 3.8) is 0 Å². The van der Waals surface area contributed by atoms with Crippen LogP contribution in [-0.2, 0) is 5.33 Å². The maximum Gasteiger partial charge on any atom is 0.0995 e. The summed E-state index contributed by atoms with van der Waals surface area (Å²) in [7, 11) is 0. The van der Waals surface area contributed by atoms with Gasteiger partial charge < -0.3 is 0 Å². The minimum Gasteiger partial charge on any atom is -0.192 e. The number of rotatable bonds is 1. The van der Waals surface area contributed by atoms with Crippen LogP contribution in [0.15, 0.2) is 12.1 Å². The van der Waals surface area contributed by atoms with Crippen LogP contribution in [0.2, 0.25) is 5.02 Å². The smallest absolute Gasteiger partial charge is 0.0995 e. The van der Waals surface area contributed by atoms with Crippen LogP contribution in [0.25, 0.3) is 0 Å². The normalized spacial score (nSPS) is 9.50. The van der Waals surface area contributed by atoms with Crippen molar-refractivity contribution in [3.05, 3.63) is 33.8 Å². The average Bonchev–Trinajstić information content (AvgIpc) is 2.08. The fourth-order valence-corrected chi connectivity index (χ4v) is 1.81. The number of hydrogen-bond donors (Lipinski definition) is 0. The molecule has 0 aliphatic carbocycles. The highest BCUT2D eigenvalue weighted by atomic mass is 79.9. The summed E-state index contributed by atoms with van der Waals surface area (Å²) >= 11 is 9.15. The van der Waals surface area contributed by atoms with Crippen molar-refractivity contribution >= 4 is 27.5 Å². The molecule has 0 bridgehead atoms. The number of nitriles is 1. The molecule has 0 heterocycles. The molecule has 1 nitrogen and oxygen atoms in total. The lowest BCUT2D eigenvalue weighted by Crippen LogP contribution is -1.89. The van der Waals surface area contributed by atoms with Gasteiger partial charge in [0.25, 0.3) is 0 Å². The van der Waals surface area contributed by atoms with Gasteiger partial charge in [-0.05, 0) is 30.2 Å². The third-order valence-electron chi connectivity index (χ3n) is 1.74. The van der Waals surface area contributed by atoms with Crippen LogP contribution < -0.4 is 0 Å². The predicted molar refractivity (Wildman–Crippen MR) is 53.5 cm³/mol. The molecule has 0 unspecified atom stereocenters. The standard InChI is InChI=1S/C9H7BrClN/c1-6-7(4-10)2-9(11)3-8(6)5-12/h2-3H,4H2,1H3. The topological polar surface area (TPSA) is 23.8 Å². The van der Waals surface area contributed by atoms with Gasteiger partial charge in [-0.3, -0.25) is 0 Å². The lowest BCUT2D eigenvalue weighted by Gasteiger charge is -2.04. The summed E-state index contributed by atoms with van der Waals surface area (Å²) in [5.74, 6) is 0. The summed E-state index contributed by atoms with van der Waals surface area (Å²) in [6.07, 6.45) is 0. The Labute approximate surface area is 85.1 Å². The monoisotopic (exact) mass is 243 g/mol. The average molecular weight is 245 g/mol. The van der Waals surface area contributed by atoms with E-state index in [0.717, 1.165) is 16.5 Å². The first-order valence-corrected chi connectivity index (χ1v) is 4.94. The molecule has 0 spiro atoms. The summed E-state index contributed by atoms with van der Waals surface area (Å²) < 4.78 is 0. The highest BCUT2D eigenvalue weighted by Crippen LogP contribution is 2.21. The predicted octanol–water partition coefficient (Wildman–Crippen LogP) is 3.42. The van der Waals surface area contributed by atoms with Gasteiger partial charge in [-0.2, -0.15) is 5.26 Å². The minimum absolute atomic E-state index is 0.617.